The van der Waals surface area contributed by atoms with Crippen molar-refractivity contribution >= 4 is 28.9 Å². The Labute approximate surface area is 128 Å². The highest BCUT2D eigenvalue weighted by Crippen LogP contribution is 2.31. The first-order valence-electron chi connectivity index (χ1n) is 8.84. The van der Waals surface area contributed by atoms with Crippen LogP contribution in [0.1, 0.15) is 41.4 Å². The Morgan fingerprint density at radius 1 is 1.44 bits per heavy atom. The molecule has 1 rings (SSSR count). The summed E-state index contributed by atoms with van der Waals surface area (Å²) in [5, 5.41) is 13.3. The zero-order chi connectivity index (χ0) is 19.6. The van der Waals surface area contributed by atoms with Gasteiger partial charge < -0.3 is 16.2 Å². The molecule has 1 aromatic rings. The van der Waals surface area contributed by atoms with E-state index in [-0.39, 0.29) is 28.8 Å². The lowest BCUT2D eigenvalue weighted by Gasteiger charge is -2.14. The fourth-order valence-corrected chi connectivity index (χ4v) is 1.87. The Kier molecular flexibility index (Phi) is 3.18. The van der Waals surface area contributed by atoms with E-state index in [4.69, 9.17) is 38.5 Å². The summed E-state index contributed by atoms with van der Waals surface area (Å²) in [6, 6.07) is 2.91. The Balaban J connectivity index is 2.68. The molecule has 0 aromatic heterocycles. The highest BCUT2D eigenvalue weighted by molar-refractivity contribution is 6.38. The van der Waals surface area contributed by atoms with Crippen molar-refractivity contribution in [3.05, 3.63) is 27.7 Å². The Morgan fingerprint density at radius 3 is 2.61 bits per heavy atom. The maximum atomic E-state index is 10.1. The van der Waals surface area contributed by atoms with E-state index >= 15 is 0 Å². The van der Waals surface area contributed by atoms with Crippen LogP contribution in [0, 0.1) is 5.89 Å². The van der Waals surface area contributed by atoms with Crippen LogP contribution in [0.25, 0.3) is 0 Å². The first-order chi connectivity index (χ1) is 11.2. The minimum atomic E-state index is -2.96. The largest absolute Gasteiger partial charge is 0.396 e. The molecule has 0 aliphatic carbocycles. The molecule has 0 saturated heterocycles. The Hall–Kier alpha value is -0.480. The van der Waals surface area contributed by atoms with Gasteiger partial charge in [0.2, 0.25) is 0 Å². The Morgan fingerprint density at radius 2 is 2.06 bits per heavy atom. The molecule has 3 nitrogen and oxygen atoms in total. The van der Waals surface area contributed by atoms with Gasteiger partial charge in [0, 0.05) is 16.1 Å². The number of hydrogen-bond donors (Lipinski definition) is 3. The summed E-state index contributed by atoms with van der Waals surface area (Å²) in [6.07, 6.45) is -1.45. The summed E-state index contributed by atoms with van der Waals surface area (Å²) in [6.45, 7) is -6.00. The van der Waals surface area contributed by atoms with Crippen molar-refractivity contribution in [1.29, 1.82) is 0 Å². The fourth-order valence-electron chi connectivity index (χ4n) is 1.37. The number of hydrogen-bond acceptors (Lipinski definition) is 3. The van der Waals surface area contributed by atoms with Gasteiger partial charge in [-0.1, -0.05) is 36.9 Å². The first kappa shape index (κ1) is 7.95. The second-order valence-corrected chi connectivity index (χ2v) is 4.66. The number of rotatable bonds is 6. The van der Waals surface area contributed by atoms with Gasteiger partial charge in [-0.05, 0) is 36.6 Å². The second kappa shape index (κ2) is 7.19. The molecule has 0 aliphatic rings. The van der Waals surface area contributed by atoms with E-state index in [1.165, 1.54) is 12.1 Å². The zero-order valence-electron chi connectivity index (χ0n) is 16.6. The zero-order valence-corrected chi connectivity index (χ0v) is 11.1. The molecule has 0 amide bonds. The van der Waals surface area contributed by atoms with Gasteiger partial charge in [0.15, 0.2) is 0 Å². The van der Waals surface area contributed by atoms with E-state index in [2.05, 4.69) is 5.32 Å². The number of aliphatic hydroxyl groups excluding tert-OH is 1. The molecule has 0 radical (unpaired) electrons. The molecule has 0 fully saturated rings. The van der Waals surface area contributed by atoms with E-state index in [0.29, 0.717) is 5.56 Å². The number of nitrogens with one attached hydrogen (secondary N) is 1. The van der Waals surface area contributed by atoms with Crippen molar-refractivity contribution in [1.82, 2.24) is 5.32 Å². The molecule has 102 valence electrons. The minimum Gasteiger partial charge on any atom is -0.396 e. The predicted molar refractivity (Wildman–Crippen MR) is 78.2 cm³/mol. The van der Waals surface area contributed by atoms with Crippen molar-refractivity contribution < 1.29 is 14.7 Å². The maximum absolute atomic E-state index is 10.1. The van der Waals surface area contributed by atoms with Crippen LogP contribution in [0.5, 0.6) is 0 Å². The van der Waals surface area contributed by atoms with Gasteiger partial charge in [-0.25, -0.2) is 0 Å². The van der Waals surface area contributed by atoms with Crippen LogP contribution in [0.15, 0.2) is 12.1 Å². The van der Waals surface area contributed by atoms with E-state index < -0.39 is 32.1 Å². The molecule has 0 heterocycles. The third kappa shape index (κ3) is 4.65. The Bertz CT molecular complexity index is 570. The highest BCUT2D eigenvalue weighted by atomic mass is 35.5. The van der Waals surface area contributed by atoms with Gasteiger partial charge in [0.05, 0.1) is 21.8 Å². The predicted octanol–water partition coefficient (Wildman–Crippen LogP) is 3.24. The number of aliphatic hydroxyl groups is 1. The van der Waals surface area contributed by atoms with Crippen LogP contribution in [-0.4, -0.2) is 18.2 Å². The smallest absolute Gasteiger partial charge is 0.0915 e. The van der Waals surface area contributed by atoms with Crippen LogP contribution in [0.4, 0.5) is 5.69 Å². The molecule has 0 aliphatic heterocycles. The summed E-state index contributed by atoms with van der Waals surface area (Å²) >= 11 is 11.8. The van der Waals surface area contributed by atoms with Crippen LogP contribution in [0.3, 0.4) is 0 Å². The molecule has 1 aromatic carbocycles. The number of nitrogen functional groups attached to an aromatic ring is 1. The standard InChI is InChI=1S/C13H20Cl2N2O/c1-8(2)3-4-17-7-12(18)9-5-10(14)13(16)11(15)6-9/h5-6,8,12,17-18H,3-4,7,16H2,1-2H3/i1D3,2D3,8D. The van der Waals surface area contributed by atoms with Crippen LogP contribution >= 0.6 is 23.2 Å². The minimum absolute atomic E-state index is 0.00530. The summed E-state index contributed by atoms with van der Waals surface area (Å²) in [4.78, 5) is 0. The van der Waals surface area contributed by atoms with E-state index in [9.17, 15) is 5.11 Å². The highest BCUT2D eigenvalue weighted by Gasteiger charge is 2.11. The average Bonchev–Trinajstić information content (AvgIpc) is 2.45. The molecular formula is C13H20Cl2N2O. The van der Waals surface area contributed by atoms with Crippen LogP contribution in [0.2, 0.25) is 10.0 Å². The number of anilines is 1. The summed E-state index contributed by atoms with van der Waals surface area (Å²) in [5.41, 5.74) is 6.21. The van der Waals surface area contributed by atoms with Gasteiger partial charge in [-0.3, -0.25) is 0 Å². The summed E-state index contributed by atoms with van der Waals surface area (Å²) in [7, 11) is 0. The first-order valence-corrected chi connectivity index (χ1v) is 6.09. The van der Waals surface area contributed by atoms with Crippen molar-refractivity contribution in [2.75, 3.05) is 18.8 Å². The molecule has 0 saturated carbocycles. The van der Waals surface area contributed by atoms with Crippen molar-refractivity contribution in [3.8, 4) is 0 Å². The second-order valence-electron chi connectivity index (χ2n) is 3.85. The molecule has 0 spiro atoms. The molecule has 18 heavy (non-hydrogen) atoms. The van der Waals surface area contributed by atoms with Gasteiger partial charge >= 0.3 is 0 Å². The van der Waals surface area contributed by atoms with E-state index in [1.807, 2.05) is 0 Å². The lowest BCUT2D eigenvalue weighted by Crippen LogP contribution is -2.23. The maximum Gasteiger partial charge on any atom is 0.0915 e. The van der Waals surface area contributed by atoms with Gasteiger partial charge in [-0.15, -0.1) is 0 Å². The molecule has 0 bridgehead atoms. The topological polar surface area (TPSA) is 58.3 Å². The molecular weight excluding hydrogens is 271 g/mol. The quantitative estimate of drug-likeness (QED) is 0.558. The summed E-state index contributed by atoms with van der Waals surface area (Å²) in [5.74, 6) is -2.59. The van der Waals surface area contributed by atoms with E-state index in [0.717, 1.165) is 0 Å². The van der Waals surface area contributed by atoms with Crippen LogP contribution in [-0.2, 0) is 0 Å². The normalized spacial score (nSPS) is 20.7. The van der Waals surface area contributed by atoms with Crippen molar-refractivity contribution in [2.24, 2.45) is 5.89 Å². The van der Waals surface area contributed by atoms with Gasteiger partial charge in [-0.2, -0.15) is 0 Å². The molecule has 5 heteroatoms. The monoisotopic (exact) mass is 297 g/mol. The van der Waals surface area contributed by atoms with Crippen LogP contribution < -0.4 is 11.1 Å². The number of benzene rings is 1. The molecule has 1 unspecified atom stereocenters. The van der Waals surface area contributed by atoms with Crippen molar-refractivity contribution in [3.63, 3.8) is 0 Å². The van der Waals surface area contributed by atoms with Gasteiger partial charge in [0.25, 0.3) is 0 Å². The lowest BCUT2D eigenvalue weighted by molar-refractivity contribution is 0.174. The fraction of sp³-hybridized carbons (Fsp3) is 0.538. The molecule has 1 atom stereocenters. The van der Waals surface area contributed by atoms with E-state index in [1.54, 1.807) is 0 Å². The average molecular weight is 298 g/mol. The third-order valence-electron chi connectivity index (χ3n) is 2.38. The summed E-state index contributed by atoms with van der Waals surface area (Å²) < 4.78 is 51.9. The van der Waals surface area contributed by atoms with Gasteiger partial charge in [0.1, 0.15) is 0 Å². The number of halogens is 2. The SMILES string of the molecule is [2H]C([2H])([2H])C([2H])(CCNCC(O)c1cc(Cl)c(N)c(Cl)c1)C([2H])([2H])[2H]. The van der Waals surface area contributed by atoms with Crippen molar-refractivity contribution in [2.45, 2.75) is 26.2 Å². The number of nitrogens with two attached hydrogens (primary N) is 1. The third-order valence-corrected chi connectivity index (χ3v) is 3.00. The molecule has 4 N–H and O–H groups in total. The lowest BCUT2D eigenvalue weighted by atomic mass is 10.1.